The summed E-state index contributed by atoms with van der Waals surface area (Å²) in [6.45, 7) is 1.43. The lowest BCUT2D eigenvalue weighted by Gasteiger charge is -2.24. The van der Waals surface area contributed by atoms with Crippen LogP contribution in [0.15, 0.2) is 59.5 Å². The van der Waals surface area contributed by atoms with Crippen molar-refractivity contribution in [3.05, 3.63) is 76.2 Å². The van der Waals surface area contributed by atoms with Gasteiger partial charge >= 0.3 is 5.97 Å². The van der Waals surface area contributed by atoms with Crippen LogP contribution in [0.1, 0.15) is 39.2 Å². The van der Waals surface area contributed by atoms with Gasteiger partial charge in [-0.1, -0.05) is 35.9 Å². The van der Waals surface area contributed by atoms with Crippen LogP contribution in [0, 0.1) is 6.92 Å². The van der Waals surface area contributed by atoms with E-state index in [-0.39, 0.29) is 4.90 Å². The summed E-state index contributed by atoms with van der Waals surface area (Å²) in [7, 11) is -2.70. The highest BCUT2D eigenvalue weighted by Gasteiger charge is 2.30. The summed E-state index contributed by atoms with van der Waals surface area (Å²) in [6, 6.07) is 15.0. The van der Waals surface area contributed by atoms with Crippen LogP contribution in [-0.2, 0) is 32.4 Å². The van der Waals surface area contributed by atoms with Gasteiger partial charge in [0, 0.05) is 4.88 Å². The van der Waals surface area contributed by atoms with Crippen molar-refractivity contribution in [1.82, 2.24) is 0 Å². The van der Waals surface area contributed by atoms with Crippen LogP contribution in [0.3, 0.4) is 0 Å². The number of esters is 1. The van der Waals surface area contributed by atoms with E-state index in [0.29, 0.717) is 16.3 Å². The van der Waals surface area contributed by atoms with Gasteiger partial charge in [0.05, 0.1) is 23.3 Å². The summed E-state index contributed by atoms with van der Waals surface area (Å²) in [6.07, 6.45) is 3.59. The summed E-state index contributed by atoms with van der Waals surface area (Å²) in [5.41, 5.74) is 2.60. The van der Waals surface area contributed by atoms with Crippen molar-refractivity contribution in [2.24, 2.45) is 0 Å². The second kappa shape index (κ2) is 9.99. The highest BCUT2D eigenvalue weighted by atomic mass is 32.2. The molecular formula is C25H26N2O5S2. The fraction of sp³-hybridized carbons (Fsp3) is 0.280. The minimum atomic E-state index is -4.01. The van der Waals surface area contributed by atoms with Gasteiger partial charge in [0.15, 0.2) is 0 Å². The number of methoxy groups -OCH3 is 1. The Morgan fingerprint density at radius 3 is 2.38 bits per heavy atom. The van der Waals surface area contributed by atoms with E-state index in [4.69, 9.17) is 4.74 Å². The number of amides is 1. The quantitative estimate of drug-likeness (QED) is 0.482. The third kappa shape index (κ3) is 4.85. The number of nitrogens with zero attached hydrogens (tertiary/aromatic N) is 1. The summed E-state index contributed by atoms with van der Waals surface area (Å²) in [5.74, 6) is -1.04. The van der Waals surface area contributed by atoms with Crippen LogP contribution < -0.4 is 9.62 Å². The molecule has 1 aliphatic carbocycles. The maximum absolute atomic E-state index is 13.5. The molecule has 1 heterocycles. The highest BCUT2D eigenvalue weighted by Crippen LogP contribution is 2.38. The van der Waals surface area contributed by atoms with Gasteiger partial charge in [0.1, 0.15) is 11.5 Å². The summed E-state index contributed by atoms with van der Waals surface area (Å²) in [5, 5.41) is 3.20. The zero-order valence-corrected chi connectivity index (χ0v) is 20.7. The molecule has 0 spiro atoms. The summed E-state index contributed by atoms with van der Waals surface area (Å²) < 4.78 is 33.0. The number of carbonyl (C=O) groups excluding carboxylic acids is 2. The molecular weight excluding hydrogens is 472 g/mol. The first-order valence-corrected chi connectivity index (χ1v) is 13.2. The van der Waals surface area contributed by atoms with E-state index in [9.17, 15) is 18.0 Å². The van der Waals surface area contributed by atoms with Crippen LogP contribution >= 0.6 is 11.3 Å². The fourth-order valence-electron chi connectivity index (χ4n) is 4.02. The minimum absolute atomic E-state index is 0.0941. The number of benzene rings is 2. The number of nitrogens with one attached hydrogen (secondary N) is 1. The lowest BCUT2D eigenvalue weighted by molar-refractivity contribution is -0.114. The molecule has 4 rings (SSSR count). The number of hydrogen-bond donors (Lipinski definition) is 1. The van der Waals surface area contributed by atoms with Crippen molar-refractivity contribution in [3.63, 3.8) is 0 Å². The molecule has 0 saturated carbocycles. The third-order valence-corrected chi connectivity index (χ3v) is 8.75. The normalized spacial score (nSPS) is 13.1. The molecule has 0 unspecified atom stereocenters. The average molecular weight is 499 g/mol. The second-order valence-electron chi connectivity index (χ2n) is 8.12. The zero-order chi connectivity index (χ0) is 24.3. The molecule has 7 nitrogen and oxygen atoms in total. The zero-order valence-electron chi connectivity index (χ0n) is 19.0. The van der Waals surface area contributed by atoms with Crippen molar-refractivity contribution in [2.45, 2.75) is 37.5 Å². The third-order valence-electron chi connectivity index (χ3n) is 5.75. The van der Waals surface area contributed by atoms with Gasteiger partial charge in [0.25, 0.3) is 10.0 Å². The van der Waals surface area contributed by atoms with E-state index >= 15 is 0 Å². The Balaban J connectivity index is 1.66. The number of sulfonamides is 1. The van der Waals surface area contributed by atoms with Gasteiger partial charge in [-0.15, -0.1) is 11.3 Å². The molecule has 0 radical (unpaired) electrons. The van der Waals surface area contributed by atoms with Crippen LogP contribution in [-0.4, -0.2) is 33.9 Å². The van der Waals surface area contributed by atoms with E-state index in [1.807, 2.05) is 6.92 Å². The lowest BCUT2D eigenvalue weighted by Crippen LogP contribution is -2.38. The molecule has 0 aliphatic heterocycles. The first-order chi connectivity index (χ1) is 16.3. The largest absolute Gasteiger partial charge is 0.465 e. The van der Waals surface area contributed by atoms with Crippen molar-refractivity contribution >= 4 is 43.9 Å². The first kappa shape index (κ1) is 24.0. The Hall–Kier alpha value is -3.17. The molecule has 0 fully saturated rings. The van der Waals surface area contributed by atoms with Gasteiger partial charge < -0.3 is 10.1 Å². The highest BCUT2D eigenvalue weighted by molar-refractivity contribution is 7.92. The number of anilines is 2. The number of rotatable bonds is 7. The molecule has 1 aromatic heterocycles. The standard InChI is InChI=1S/C25H26N2O5S2/c1-17-12-14-19(15-13-17)34(30,31)27(18-8-4-3-5-9-18)16-22(28)26-24-23(25(29)32-2)20-10-6-7-11-21(20)33-24/h3-5,8-9,12-15H,6-7,10-11,16H2,1-2H3,(H,26,28). The van der Waals surface area contributed by atoms with Crippen molar-refractivity contribution in [3.8, 4) is 0 Å². The van der Waals surface area contributed by atoms with Gasteiger partial charge in [-0.05, 0) is 62.4 Å². The fourth-order valence-corrected chi connectivity index (χ4v) is 6.73. The predicted molar refractivity (Wildman–Crippen MR) is 133 cm³/mol. The monoisotopic (exact) mass is 498 g/mol. The van der Waals surface area contributed by atoms with Gasteiger partial charge in [-0.25, -0.2) is 13.2 Å². The number of para-hydroxylation sites is 1. The van der Waals surface area contributed by atoms with Gasteiger partial charge in [0.2, 0.25) is 5.91 Å². The van der Waals surface area contributed by atoms with Crippen LogP contribution in [0.5, 0.6) is 0 Å². The SMILES string of the molecule is COC(=O)c1c(NC(=O)CN(c2ccccc2)S(=O)(=O)c2ccc(C)cc2)sc2c1CCCC2. The molecule has 178 valence electrons. The van der Waals surface area contributed by atoms with E-state index < -0.39 is 28.4 Å². The molecule has 3 aromatic rings. The maximum atomic E-state index is 13.5. The van der Waals surface area contributed by atoms with Crippen LogP contribution in [0.4, 0.5) is 10.7 Å². The summed E-state index contributed by atoms with van der Waals surface area (Å²) >= 11 is 1.36. The van der Waals surface area contributed by atoms with E-state index in [0.717, 1.165) is 46.0 Å². The smallest absolute Gasteiger partial charge is 0.341 e. The molecule has 0 saturated heterocycles. The molecule has 0 atom stereocenters. The van der Waals surface area contributed by atoms with Gasteiger partial charge in [-0.3, -0.25) is 9.10 Å². The number of fused-ring (bicyclic) bond motifs is 1. The predicted octanol–water partition coefficient (Wildman–Crippen LogP) is 4.56. The molecule has 1 aliphatic rings. The van der Waals surface area contributed by atoms with E-state index in [1.165, 1.54) is 30.6 Å². The van der Waals surface area contributed by atoms with Crippen molar-refractivity contribution < 1.29 is 22.7 Å². The number of hydrogen-bond acceptors (Lipinski definition) is 6. The van der Waals surface area contributed by atoms with Crippen molar-refractivity contribution in [2.75, 3.05) is 23.3 Å². The molecule has 0 bridgehead atoms. The van der Waals surface area contributed by atoms with Crippen LogP contribution in [0.25, 0.3) is 0 Å². The van der Waals surface area contributed by atoms with E-state index in [2.05, 4.69) is 5.32 Å². The Kier molecular flexibility index (Phi) is 7.04. The summed E-state index contributed by atoms with van der Waals surface area (Å²) in [4.78, 5) is 26.8. The number of aryl methyl sites for hydroxylation is 2. The molecule has 9 heteroatoms. The lowest BCUT2D eigenvalue weighted by atomic mass is 9.95. The number of carbonyl (C=O) groups is 2. The molecule has 34 heavy (non-hydrogen) atoms. The average Bonchev–Trinajstić information content (AvgIpc) is 3.20. The minimum Gasteiger partial charge on any atom is -0.465 e. The first-order valence-electron chi connectivity index (χ1n) is 11.0. The second-order valence-corrected chi connectivity index (χ2v) is 11.1. The van der Waals surface area contributed by atoms with Crippen molar-refractivity contribution in [1.29, 1.82) is 0 Å². The molecule has 2 aromatic carbocycles. The topological polar surface area (TPSA) is 92.8 Å². The number of thiophene rings is 1. The van der Waals surface area contributed by atoms with Crippen LogP contribution in [0.2, 0.25) is 0 Å². The Morgan fingerprint density at radius 2 is 1.71 bits per heavy atom. The Labute approximate surface area is 203 Å². The van der Waals surface area contributed by atoms with E-state index in [1.54, 1.807) is 42.5 Å². The maximum Gasteiger partial charge on any atom is 0.341 e. The van der Waals surface area contributed by atoms with Gasteiger partial charge in [-0.2, -0.15) is 0 Å². The number of ether oxygens (including phenoxy) is 1. The Bertz CT molecular complexity index is 1300. The molecule has 1 amide bonds. The molecule has 1 N–H and O–H groups in total. The Morgan fingerprint density at radius 1 is 1.03 bits per heavy atom.